The maximum Gasteiger partial charge on any atom is 0.246 e. The van der Waals surface area contributed by atoms with Gasteiger partial charge in [0.15, 0.2) is 0 Å². The molecule has 1 aliphatic rings. The van der Waals surface area contributed by atoms with Crippen molar-refractivity contribution in [3.8, 4) is 23.1 Å². The van der Waals surface area contributed by atoms with Crippen LogP contribution in [0, 0.1) is 13.8 Å². The average Bonchev–Trinajstić information content (AvgIpc) is 3.13. The van der Waals surface area contributed by atoms with Crippen molar-refractivity contribution in [1.82, 2.24) is 14.8 Å². The second kappa shape index (κ2) is 17.0. The predicted octanol–water partition coefficient (Wildman–Crippen LogP) is 8.70. The third-order valence-corrected chi connectivity index (χ3v) is 9.09. The number of nitrogens with zero attached hydrogens (tertiary/aromatic N) is 3. The second-order valence-corrected chi connectivity index (χ2v) is 12.9. The molecule has 4 aromatic carbocycles. The molecule has 0 aliphatic carbocycles. The number of ether oxygens (including phenoxy) is 3. The Morgan fingerprint density at radius 3 is 2.24 bits per heavy atom. The number of halogens is 1. The van der Waals surface area contributed by atoms with Gasteiger partial charge in [0.05, 0.1) is 12.8 Å². The summed E-state index contributed by atoms with van der Waals surface area (Å²) in [6, 6.07) is 33.9. The molecule has 256 valence electrons. The summed E-state index contributed by atoms with van der Waals surface area (Å²) < 4.78 is 17.7. The number of hydrogen-bond donors (Lipinski definition) is 0. The van der Waals surface area contributed by atoms with E-state index < -0.39 is 0 Å². The van der Waals surface area contributed by atoms with E-state index in [1.165, 1.54) is 16.7 Å². The van der Waals surface area contributed by atoms with Gasteiger partial charge in [-0.3, -0.25) is 9.69 Å². The largest absolute Gasteiger partial charge is 0.493 e. The Balaban J connectivity index is 0.914. The fourth-order valence-corrected chi connectivity index (χ4v) is 5.88. The minimum Gasteiger partial charge on any atom is -0.493 e. The first-order chi connectivity index (χ1) is 24.4. The average molecular weight is 688 g/mol. The van der Waals surface area contributed by atoms with Crippen molar-refractivity contribution in [2.24, 2.45) is 0 Å². The quantitative estimate of drug-likeness (QED) is 0.115. The Hall–Kier alpha value is -5.11. The van der Waals surface area contributed by atoms with Crippen LogP contribution in [0.5, 0.6) is 23.1 Å². The van der Waals surface area contributed by atoms with E-state index >= 15 is 0 Å². The number of aromatic nitrogens is 1. The molecular weight excluding hydrogens is 646 g/mol. The minimum absolute atomic E-state index is 0.0302. The first kappa shape index (κ1) is 34.7. The second-order valence-electron chi connectivity index (χ2n) is 12.5. The molecule has 0 saturated carbocycles. The molecule has 50 heavy (non-hydrogen) atoms. The van der Waals surface area contributed by atoms with Gasteiger partial charge in [0.1, 0.15) is 23.9 Å². The van der Waals surface area contributed by atoms with Crippen LogP contribution in [-0.4, -0.2) is 53.5 Å². The molecule has 0 radical (unpaired) electrons. The number of aryl methyl sites for hydroxylation is 2. The van der Waals surface area contributed by atoms with E-state index in [0.29, 0.717) is 48.7 Å². The van der Waals surface area contributed by atoms with E-state index in [0.717, 1.165) is 48.5 Å². The van der Waals surface area contributed by atoms with Crippen molar-refractivity contribution in [1.29, 1.82) is 0 Å². The summed E-state index contributed by atoms with van der Waals surface area (Å²) in [7, 11) is 0. The van der Waals surface area contributed by atoms with Crippen molar-refractivity contribution in [2.45, 2.75) is 33.4 Å². The van der Waals surface area contributed by atoms with Crippen LogP contribution in [0.1, 0.15) is 33.4 Å². The molecule has 8 heteroatoms. The summed E-state index contributed by atoms with van der Waals surface area (Å²) in [4.78, 5) is 21.7. The van der Waals surface area contributed by atoms with Crippen molar-refractivity contribution in [3.63, 3.8) is 0 Å². The van der Waals surface area contributed by atoms with E-state index in [1.54, 1.807) is 18.3 Å². The molecule has 0 unspecified atom stereocenters. The lowest BCUT2D eigenvalue weighted by Crippen LogP contribution is -2.47. The van der Waals surface area contributed by atoms with Gasteiger partial charge in [-0.1, -0.05) is 77.8 Å². The van der Waals surface area contributed by atoms with E-state index in [9.17, 15) is 4.79 Å². The van der Waals surface area contributed by atoms with Crippen molar-refractivity contribution in [2.75, 3.05) is 32.8 Å². The highest BCUT2D eigenvalue weighted by Crippen LogP contribution is 2.25. The van der Waals surface area contributed by atoms with Crippen LogP contribution < -0.4 is 14.2 Å². The Labute approximate surface area is 299 Å². The molecular formula is C42H42ClN3O4. The molecule has 0 bridgehead atoms. The number of pyridine rings is 1. The molecule has 7 nitrogen and oxygen atoms in total. The third-order valence-electron chi connectivity index (χ3n) is 8.72. The summed E-state index contributed by atoms with van der Waals surface area (Å²) in [6.07, 6.45) is 6.05. The Kier molecular flexibility index (Phi) is 11.8. The van der Waals surface area contributed by atoms with Gasteiger partial charge in [-0.25, -0.2) is 4.98 Å². The number of benzene rings is 4. The molecule has 1 aromatic heterocycles. The Morgan fingerprint density at radius 1 is 0.800 bits per heavy atom. The van der Waals surface area contributed by atoms with Gasteiger partial charge in [0.2, 0.25) is 11.8 Å². The van der Waals surface area contributed by atoms with E-state index in [1.807, 2.05) is 78.6 Å². The molecule has 1 saturated heterocycles. The van der Waals surface area contributed by atoms with Crippen molar-refractivity contribution < 1.29 is 19.0 Å². The minimum atomic E-state index is 0.0302. The molecule has 5 aromatic rings. The first-order valence-corrected chi connectivity index (χ1v) is 17.3. The van der Waals surface area contributed by atoms with Crippen LogP contribution in [-0.2, 0) is 24.4 Å². The molecule has 1 aliphatic heterocycles. The zero-order chi connectivity index (χ0) is 34.7. The van der Waals surface area contributed by atoms with Gasteiger partial charge >= 0.3 is 0 Å². The predicted molar refractivity (Wildman–Crippen MR) is 199 cm³/mol. The molecule has 1 amide bonds. The lowest BCUT2D eigenvalue weighted by Gasteiger charge is -2.34. The first-order valence-electron chi connectivity index (χ1n) is 17.0. The van der Waals surface area contributed by atoms with E-state index in [2.05, 4.69) is 53.2 Å². The van der Waals surface area contributed by atoms with Gasteiger partial charge in [-0.2, -0.15) is 0 Å². The summed E-state index contributed by atoms with van der Waals surface area (Å²) in [6.45, 7) is 9.08. The van der Waals surface area contributed by atoms with Crippen LogP contribution in [0.3, 0.4) is 0 Å². The van der Waals surface area contributed by atoms with Crippen LogP contribution in [0.4, 0.5) is 0 Å². The molecule has 2 heterocycles. The smallest absolute Gasteiger partial charge is 0.246 e. The number of piperazine rings is 1. The highest BCUT2D eigenvalue weighted by Gasteiger charge is 2.19. The summed E-state index contributed by atoms with van der Waals surface area (Å²) in [5.74, 6) is 2.69. The maximum absolute atomic E-state index is 13.0. The van der Waals surface area contributed by atoms with Crippen LogP contribution in [0.2, 0.25) is 5.02 Å². The molecule has 0 spiro atoms. The number of carbonyl (C=O) groups is 1. The lowest BCUT2D eigenvalue weighted by atomic mass is 10.1. The maximum atomic E-state index is 13.0. The lowest BCUT2D eigenvalue weighted by molar-refractivity contribution is -0.127. The Morgan fingerprint density at radius 2 is 1.52 bits per heavy atom. The normalized spacial score (nSPS) is 13.4. The number of rotatable bonds is 13. The summed E-state index contributed by atoms with van der Waals surface area (Å²) in [5.41, 5.74) is 6.65. The van der Waals surface area contributed by atoms with Crippen LogP contribution in [0.15, 0.2) is 115 Å². The van der Waals surface area contributed by atoms with Crippen LogP contribution in [0.25, 0.3) is 6.08 Å². The summed E-state index contributed by atoms with van der Waals surface area (Å²) in [5, 5.41) is 0.669. The van der Waals surface area contributed by atoms with Gasteiger partial charge < -0.3 is 19.1 Å². The highest BCUT2D eigenvalue weighted by molar-refractivity contribution is 6.31. The third kappa shape index (κ3) is 9.97. The standard InChI is InChI=1S/C42H42ClN3O4/c1-31-7-15-37(16-8-31)48-26-21-33-9-11-34(12-10-33)29-45-22-24-46(25-23-45)42(47)20-14-35-13-17-38(27-32(35)2)50-41-19-18-39(28-44-41)49-30-36-5-3-4-6-40(36)43/h3-20,27-28H,21-26,29-30H2,1-2H3/b20-14+. The molecule has 6 rings (SSSR count). The van der Waals surface area contributed by atoms with Crippen molar-refractivity contribution >= 4 is 23.6 Å². The molecule has 0 N–H and O–H groups in total. The zero-order valence-electron chi connectivity index (χ0n) is 28.6. The fourth-order valence-electron chi connectivity index (χ4n) is 5.69. The molecule has 0 atom stereocenters. The zero-order valence-corrected chi connectivity index (χ0v) is 29.3. The van der Waals surface area contributed by atoms with Gasteiger partial charge in [0, 0.05) is 61.9 Å². The highest BCUT2D eigenvalue weighted by atomic mass is 35.5. The molecule has 1 fully saturated rings. The Bertz CT molecular complexity index is 1880. The van der Waals surface area contributed by atoms with Gasteiger partial charge in [0.25, 0.3) is 0 Å². The van der Waals surface area contributed by atoms with Crippen molar-refractivity contribution in [3.05, 3.63) is 154 Å². The van der Waals surface area contributed by atoms with E-state index in [-0.39, 0.29) is 5.91 Å². The number of hydrogen-bond acceptors (Lipinski definition) is 6. The van der Waals surface area contributed by atoms with Crippen LogP contribution >= 0.6 is 11.6 Å². The monoisotopic (exact) mass is 687 g/mol. The summed E-state index contributed by atoms with van der Waals surface area (Å²) >= 11 is 6.21. The van der Waals surface area contributed by atoms with E-state index in [4.69, 9.17) is 25.8 Å². The SMILES string of the molecule is Cc1ccc(OCCc2ccc(CN3CCN(C(=O)/C=C/c4ccc(Oc5ccc(OCc6ccccc6Cl)cn5)cc4C)CC3)cc2)cc1. The van der Waals surface area contributed by atoms with Gasteiger partial charge in [-0.05, 0) is 78.6 Å². The van der Waals surface area contributed by atoms with Gasteiger partial charge in [-0.15, -0.1) is 0 Å². The fraction of sp³-hybridized carbons (Fsp3) is 0.238. The number of carbonyl (C=O) groups excluding carboxylic acids is 1. The topological polar surface area (TPSA) is 64.1 Å². The number of amides is 1.